The highest BCUT2D eigenvalue weighted by Gasteiger charge is 1.99. The highest BCUT2D eigenvalue weighted by atomic mass is 16.5. The second-order valence-corrected chi connectivity index (χ2v) is 4.04. The van der Waals surface area contributed by atoms with Crippen LogP contribution in [0.3, 0.4) is 0 Å². The lowest BCUT2D eigenvalue weighted by molar-refractivity contribution is 0.112. The number of rotatable bonds is 3. The fourth-order valence-electron chi connectivity index (χ4n) is 1.53. The lowest BCUT2D eigenvalue weighted by atomic mass is 10.1. The average molecular weight is 226 g/mol. The zero-order valence-corrected chi connectivity index (χ0v) is 9.94. The molecule has 0 unspecified atom stereocenters. The van der Waals surface area contributed by atoms with Crippen LogP contribution >= 0.6 is 0 Å². The van der Waals surface area contributed by atoms with Crippen LogP contribution in [-0.2, 0) is 0 Å². The molecule has 0 aliphatic rings. The number of carbonyl (C=O) groups is 1. The third kappa shape index (κ3) is 2.72. The van der Waals surface area contributed by atoms with Crippen LogP contribution in [0.5, 0.6) is 11.5 Å². The number of aldehydes is 1. The molecule has 0 fully saturated rings. The Hall–Kier alpha value is -2.09. The smallest absolute Gasteiger partial charge is 0.150 e. The summed E-state index contributed by atoms with van der Waals surface area (Å²) in [5, 5.41) is 0. The van der Waals surface area contributed by atoms with Crippen molar-refractivity contribution >= 4 is 6.29 Å². The Morgan fingerprint density at radius 3 is 2.12 bits per heavy atom. The van der Waals surface area contributed by atoms with Crippen LogP contribution in [0.25, 0.3) is 0 Å². The molecule has 0 amide bonds. The Bertz CT molecular complexity index is 527. The van der Waals surface area contributed by atoms with Crippen molar-refractivity contribution in [3.05, 3.63) is 59.2 Å². The minimum absolute atomic E-state index is 0.650. The molecule has 0 radical (unpaired) electrons. The van der Waals surface area contributed by atoms with Crippen molar-refractivity contribution in [3.8, 4) is 11.5 Å². The topological polar surface area (TPSA) is 26.3 Å². The van der Waals surface area contributed by atoms with E-state index >= 15 is 0 Å². The van der Waals surface area contributed by atoms with Gasteiger partial charge in [-0.2, -0.15) is 0 Å². The molecule has 0 aliphatic heterocycles. The molecule has 2 nitrogen and oxygen atoms in total. The van der Waals surface area contributed by atoms with Crippen LogP contribution in [0.2, 0.25) is 0 Å². The lowest BCUT2D eigenvalue weighted by Gasteiger charge is -2.07. The molecule has 0 aliphatic carbocycles. The van der Waals surface area contributed by atoms with Gasteiger partial charge in [-0.1, -0.05) is 6.07 Å². The van der Waals surface area contributed by atoms with E-state index in [1.807, 2.05) is 18.2 Å². The second kappa shape index (κ2) is 4.83. The molecule has 2 aromatic carbocycles. The molecule has 0 heterocycles. The van der Waals surface area contributed by atoms with Gasteiger partial charge in [0.15, 0.2) is 0 Å². The third-order valence-corrected chi connectivity index (χ3v) is 2.73. The summed E-state index contributed by atoms with van der Waals surface area (Å²) in [6.45, 7) is 4.12. The summed E-state index contributed by atoms with van der Waals surface area (Å²) in [6, 6.07) is 13.0. The predicted molar refractivity (Wildman–Crippen MR) is 67.8 cm³/mol. The Balaban J connectivity index is 2.19. The van der Waals surface area contributed by atoms with E-state index in [4.69, 9.17) is 4.74 Å². The largest absolute Gasteiger partial charge is 0.457 e. The Labute approximate surface area is 101 Å². The Kier molecular flexibility index (Phi) is 3.24. The van der Waals surface area contributed by atoms with E-state index < -0.39 is 0 Å². The van der Waals surface area contributed by atoms with E-state index in [1.54, 1.807) is 24.3 Å². The standard InChI is InChI=1S/C15H14O2/c1-11-3-6-15(9-12(11)2)17-14-7-4-13(10-16)5-8-14/h3-10H,1-2H3. The van der Waals surface area contributed by atoms with Gasteiger partial charge in [0.2, 0.25) is 0 Å². The molecule has 0 N–H and O–H groups in total. The number of hydrogen-bond acceptors (Lipinski definition) is 2. The predicted octanol–water partition coefficient (Wildman–Crippen LogP) is 3.91. The first-order valence-electron chi connectivity index (χ1n) is 5.49. The van der Waals surface area contributed by atoms with Crippen molar-refractivity contribution in [1.82, 2.24) is 0 Å². The van der Waals surface area contributed by atoms with E-state index in [0.717, 1.165) is 17.8 Å². The van der Waals surface area contributed by atoms with Gasteiger partial charge < -0.3 is 4.74 Å². The maximum atomic E-state index is 10.5. The first kappa shape index (κ1) is 11.4. The molecule has 0 bridgehead atoms. The van der Waals surface area contributed by atoms with Crippen LogP contribution in [0.15, 0.2) is 42.5 Å². The van der Waals surface area contributed by atoms with E-state index in [-0.39, 0.29) is 0 Å². The SMILES string of the molecule is Cc1ccc(Oc2ccc(C=O)cc2)cc1C. The first-order valence-corrected chi connectivity index (χ1v) is 5.49. The highest BCUT2D eigenvalue weighted by Crippen LogP contribution is 2.23. The van der Waals surface area contributed by atoms with Gasteiger partial charge in [-0.25, -0.2) is 0 Å². The van der Waals surface area contributed by atoms with Crippen molar-refractivity contribution < 1.29 is 9.53 Å². The van der Waals surface area contributed by atoms with Crippen molar-refractivity contribution in [3.63, 3.8) is 0 Å². The van der Waals surface area contributed by atoms with Gasteiger partial charge in [0.25, 0.3) is 0 Å². The van der Waals surface area contributed by atoms with Gasteiger partial charge in [0.1, 0.15) is 17.8 Å². The molecule has 2 heteroatoms. The van der Waals surface area contributed by atoms with Gasteiger partial charge in [-0.05, 0) is 61.4 Å². The molecule has 0 saturated heterocycles. The van der Waals surface area contributed by atoms with Gasteiger partial charge in [0, 0.05) is 5.56 Å². The number of aryl methyl sites for hydroxylation is 2. The number of benzene rings is 2. The molecule has 0 saturated carbocycles. The fraction of sp³-hybridized carbons (Fsp3) is 0.133. The van der Waals surface area contributed by atoms with Crippen LogP contribution in [-0.4, -0.2) is 6.29 Å². The summed E-state index contributed by atoms with van der Waals surface area (Å²) in [5.74, 6) is 1.55. The average Bonchev–Trinajstić information content (AvgIpc) is 2.35. The van der Waals surface area contributed by atoms with Gasteiger partial charge in [-0.3, -0.25) is 4.79 Å². The van der Waals surface area contributed by atoms with Crippen molar-refractivity contribution in [1.29, 1.82) is 0 Å². The van der Waals surface area contributed by atoms with Crippen LogP contribution < -0.4 is 4.74 Å². The minimum Gasteiger partial charge on any atom is -0.457 e. The third-order valence-electron chi connectivity index (χ3n) is 2.73. The molecular weight excluding hydrogens is 212 g/mol. The fourth-order valence-corrected chi connectivity index (χ4v) is 1.53. The normalized spacial score (nSPS) is 10.0. The maximum Gasteiger partial charge on any atom is 0.150 e. The summed E-state index contributed by atoms with van der Waals surface area (Å²) in [7, 11) is 0. The maximum absolute atomic E-state index is 10.5. The van der Waals surface area contributed by atoms with Crippen LogP contribution in [0.1, 0.15) is 21.5 Å². The number of ether oxygens (including phenoxy) is 1. The summed E-state index contributed by atoms with van der Waals surface area (Å²) < 4.78 is 5.70. The van der Waals surface area contributed by atoms with Crippen molar-refractivity contribution in [2.24, 2.45) is 0 Å². The molecule has 2 aromatic rings. The molecule has 0 atom stereocenters. The van der Waals surface area contributed by atoms with Gasteiger partial charge >= 0.3 is 0 Å². The second-order valence-electron chi connectivity index (χ2n) is 4.04. The van der Waals surface area contributed by atoms with Gasteiger partial charge in [-0.15, -0.1) is 0 Å². The summed E-state index contributed by atoms with van der Waals surface area (Å²) in [4.78, 5) is 10.5. The molecule has 2 rings (SSSR count). The van der Waals surface area contributed by atoms with E-state index in [0.29, 0.717) is 5.56 Å². The number of carbonyl (C=O) groups excluding carboxylic acids is 1. The lowest BCUT2D eigenvalue weighted by Crippen LogP contribution is -1.87. The highest BCUT2D eigenvalue weighted by molar-refractivity contribution is 5.74. The first-order chi connectivity index (χ1) is 8.19. The zero-order valence-electron chi connectivity index (χ0n) is 9.94. The summed E-state index contributed by atoms with van der Waals surface area (Å²) in [6.07, 6.45) is 0.819. The van der Waals surface area contributed by atoms with Crippen molar-refractivity contribution in [2.45, 2.75) is 13.8 Å². The van der Waals surface area contributed by atoms with E-state index in [1.165, 1.54) is 11.1 Å². The zero-order chi connectivity index (χ0) is 12.3. The molecule has 17 heavy (non-hydrogen) atoms. The summed E-state index contributed by atoms with van der Waals surface area (Å²) >= 11 is 0. The molecule has 0 spiro atoms. The van der Waals surface area contributed by atoms with Crippen molar-refractivity contribution in [2.75, 3.05) is 0 Å². The van der Waals surface area contributed by atoms with Crippen LogP contribution in [0, 0.1) is 13.8 Å². The minimum atomic E-state index is 0.650. The van der Waals surface area contributed by atoms with E-state index in [2.05, 4.69) is 13.8 Å². The number of hydrogen-bond donors (Lipinski definition) is 0. The molecular formula is C15H14O2. The van der Waals surface area contributed by atoms with Crippen LogP contribution in [0.4, 0.5) is 0 Å². The quantitative estimate of drug-likeness (QED) is 0.742. The van der Waals surface area contributed by atoms with E-state index in [9.17, 15) is 4.79 Å². The monoisotopic (exact) mass is 226 g/mol. The summed E-state index contributed by atoms with van der Waals surface area (Å²) in [5.41, 5.74) is 3.10. The Morgan fingerprint density at radius 2 is 1.53 bits per heavy atom. The Morgan fingerprint density at radius 1 is 0.882 bits per heavy atom. The molecule has 0 aromatic heterocycles. The van der Waals surface area contributed by atoms with Gasteiger partial charge in [0.05, 0.1) is 0 Å². The molecule has 86 valence electrons.